The van der Waals surface area contributed by atoms with Crippen molar-refractivity contribution in [3.05, 3.63) is 66.5 Å². The summed E-state index contributed by atoms with van der Waals surface area (Å²) >= 11 is 0. The third kappa shape index (κ3) is 4.48. The molecule has 4 aromatic heterocycles. The van der Waals surface area contributed by atoms with Crippen LogP contribution >= 0.6 is 0 Å². The Balaban J connectivity index is 1.33. The molecule has 0 radical (unpaired) electrons. The van der Waals surface area contributed by atoms with Gasteiger partial charge in [-0.2, -0.15) is 5.10 Å². The number of amides is 1. The topological polar surface area (TPSA) is 98.1 Å². The van der Waals surface area contributed by atoms with E-state index in [0.29, 0.717) is 17.9 Å². The van der Waals surface area contributed by atoms with Gasteiger partial charge in [-0.05, 0) is 29.7 Å². The van der Waals surface area contributed by atoms with Crippen molar-refractivity contribution in [3.8, 4) is 11.3 Å². The van der Waals surface area contributed by atoms with Gasteiger partial charge >= 0.3 is 0 Å². The van der Waals surface area contributed by atoms with E-state index in [2.05, 4.69) is 30.3 Å². The lowest BCUT2D eigenvalue weighted by Gasteiger charge is -2.26. The Morgan fingerprint density at radius 2 is 1.91 bits per heavy atom. The van der Waals surface area contributed by atoms with Gasteiger partial charge in [-0.3, -0.25) is 24.3 Å². The quantitative estimate of drug-likeness (QED) is 0.520. The molecule has 0 spiro atoms. The highest BCUT2D eigenvalue weighted by Crippen LogP contribution is 2.23. The van der Waals surface area contributed by atoms with Crippen molar-refractivity contribution in [1.29, 1.82) is 0 Å². The van der Waals surface area contributed by atoms with Gasteiger partial charge in [-0.1, -0.05) is 0 Å². The van der Waals surface area contributed by atoms with Crippen LogP contribution in [0.5, 0.6) is 0 Å². The summed E-state index contributed by atoms with van der Waals surface area (Å²) in [6.45, 7) is 3.89. The maximum absolute atomic E-state index is 12.8. The fraction of sp³-hybridized carbons (Fsp3) is 0.261. The van der Waals surface area contributed by atoms with E-state index in [1.54, 1.807) is 35.5 Å². The molecule has 0 bridgehead atoms. The van der Waals surface area contributed by atoms with Crippen LogP contribution in [-0.2, 0) is 18.3 Å². The number of nitrogens with zero attached hydrogens (tertiary/aromatic N) is 6. The molecular weight excluding hydrogens is 406 g/mol. The molecule has 1 N–H and O–H groups in total. The second kappa shape index (κ2) is 8.81. The number of carbonyl (C=O) groups is 1. The van der Waals surface area contributed by atoms with E-state index in [1.165, 1.54) is 0 Å². The Bertz CT molecular complexity index is 1260. The number of fused-ring (bicyclic) bond motifs is 1. The second-order valence-corrected chi connectivity index (χ2v) is 7.77. The SMILES string of the molecule is Cn1cc(-c2cc3cc(NC(=O)c4ccnc(CN5CCOCC5)c4)ncc3cn2)cn1. The molecule has 0 aliphatic carbocycles. The number of carbonyl (C=O) groups excluding carboxylic acids is 1. The standard InChI is InChI=1S/C23H23N7O2/c1-29-14-19(13-27-29)21-9-17-10-22(26-12-18(17)11-25-21)28-23(31)16-2-3-24-20(8-16)15-30-4-6-32-7-5-30/h2-3,8-14H,4-7,15H2,1H3,(H,26,28,31). The first kappa shape index (κ1) is 20.2. The van der Waals surface area contributed by atoms with E-state index in [4.69, 9.17) is 4.74 Å². The van der Waals surface area contributed by atoms with Crippen LogP contribution in [-0.4, -0.2) is 61.8 Å². The molecule has 1 amide bonds. The zero-order chi connectivity index (χ0) is 21.9. The number of aromatic nitrogens is 5. The van der Waals surface area contributed by atoms with Gasteiger partial charge < -0.3 is 10.1 Å². The summed E-state index contributed by atoms with van der Waals surface area (Å²) in [7, 11) is 1.87. The number of hydrogen-bond donors (Lipinski definition) is 1. The highest BCUT2D eigenvalue weighted by atomic mass is 16.5. The minimum Gasteiger partial charge on any atom is -0.379 e. The van der Waals surface area contributed by atoms with E-state index in [9.17, 15) is 4.79 Å². The largest absolute Gasteiger partial charge is 0.379 e. The van der Waals surface area contributed by atoms with Crippen LogP contribution < -0.4 is 5.32 Å². The van der Waals surface area contributed by atoms with Crippen LogP contribution in [0.1, 0.15) is 16.1 Å². The maximum atomic E-state index is 12.8. The molecule has 5 heterocycles. The molecule has 4 aromatic rings. The normalized spacial score (nSPS) is 14.5. The van der Waals surface area contributed by atoms with Crippen LogP contribution in [0.3, 0.4) is 0 Å². The highest BCUT2D eigenvalue weighted by Gasteiger charge is 2.14. The summed E-state index contributed by atoms with van der Waals surface area (Å²) < 4.78 is 7.13. The van der Waals surface area contributed by atoms with Crippen molar-refractivity contribution < 1.29 is 9.53 Å². The summed E-state index contributed by atoms with van der Waals surface area (Å²) in [5.41, 5.74) is 3.16. The molecule has 0 aromatic carbocycles. The molecule has 0 saturated carbocycles. The molecule has 1 saturated heterocycles. The fourth-order valence-corrected chi connectivity index (χ4v) is 3.70. The Hall–Kier alpha value is -3.69. The molecule has 9 heteroatoms. The summed E-state index contributed by atoms with van der Waals surface area (Å²) in [4.78, 5) is 28.4. The van der Waals surface area contributed by atoms with Crippen molar-refractivity contribution in [2.75, 3.05) is 31.6 Å². The first-order valence-corrected chi connectivity index (χ1v) is 10.5. The molecule has 32 heavy (non-hydrogen) atoms. The molecule has 162 valence electrons. The predicted molar refractivity (Wildman–Crippen MR) is 120 cm³/mol. The van der Waals surface area contributed by atoms with E-state index < -0.39 is 0 Å². The van der Waals surface area contributed by atoms with Gasteiger partial charge in [0.05, 0.1) is 30.8 Å². The molecular formula is C23H23N7O2. The lowest BCUT2D eigenvalue weighted by atomic mass is 10.1. The summed E-state index contributed by atoms with van der Waals surface area (Å²) in [5.74, 6) is 0.265. The highest BCUT2D eigenvalue weighted by molar-refractivity contribution is 6.04. The maximum Gasteiger partial charge on any atom is 0.256 e. The molecule has 5 rings (SSSR count). The first-order valence-electron chi connectivity index (χ1n) is 10.5. The Morgan fingerprint density at radius 1 is 1.06 bits per heavy atom. The molecule has 1 aliphatic heterocycles. The fourth-order valence-electron chi connectivity index (χ4n) is 3.70. The van der Waals surface area contributed by atoms with Crippen molar-refractivity contribution in [1.82, 2.24) is 29.6 Å². The number of ether oxygens (including phenoxy) is 1. The number of aryl methyl sites for hydroxylation is 1. The van der Waals surface area contributed by atoms with Crippen molar-refractivity contribution in [3.63, 3.8) is 0 Å². The van der Waals surface area contributed by atoms with Crippen LogP contribution in [0.4, 0.5) is 5.82 Å². The lowest BCUT2D eigenvalue weighted by Crippen LogP contribution is -2.35. The van der Waals surface area contributed by atoms with Crippen molar-refractivity contribution in [2.24, 2.45) is 7.05 Å². The number of hydrogen-bond acceptors (Lipinski definition) is 7. The van der Waals surface area contributed by atoms with Gasteiger partial charge in [0.1, 0.15) is 5.82 Å². The van der Waals surface area contributed by atoms with Crippen LogP contribution in [0.15, 0.2) is 55.2 Å². The lowest BCUT2D eigenvalue weighted by molar-refractivity contribution is 0.0336. The third-order valence-corrected chi connectivity index (χ3v) is 5.41. The second-order valence-electron chi connectivity index (χ2n) is 7.77. The molecule has 1 fully saturated rings. The molecule has 0 unspecified atom stereocenters. The monoisotopic (exact) mass is 429 g/mol. The van der Waals surface area contributed by atoms with Crippen LogP contribution in [0.25, 0.3) is 22.0 Å². The van der Waals surface area contributed by atoms with Crippen LogP contribution in [0, 0.1) is 0 Å². The molecule has 1 aliphatic rings. The molecule has 0 atom stereocenters. The number of morpholine rings is 1. The van der Waals surface area contributed by atoms with Gasteiger partial charge in [0.2, 0.25) is 0 Å². The number of anilines is 1. The van der Waals surface area contributed by atoms with Gasteiger partial charge in [0.25, 0.3) is 5.91 Å². The minimum atomic E-state index is -0.219. The summed E-state index contributed by atoms with van der Waals surface area (Å²) in [5, 5.41) is 8.93. The number of rotatable bonds is 5. The van der Waals surface area contributed by atoms with E-state index in [1.807, 2.05) is 31.4 Å². The third-order valence-electron chi connectivity index (χ3n) is 5.41. The molecule has 9 nitrogen and oxygen atoms in total. The van der Waals surface area contributed by atoms with Gasteiger partial charge in [0, 0.05) is 68.0 Å². The average Bonchev–Trinajstić information content (AvgIpc) is 3.26. The number of nitrogens with one attached hydrogen (secondary N) is 1. The first-order chi connectivity index (χ1) is 15.6. The van der Waals surface area contributed by atoms with E-state index in [-0.39, 0.29) is 5.91 Å². The summed E-state index contributed by atoms with van der Waals surface area (Å²) in [6.07, 6.45) is 8.84. The van der Waals surface area contributed by atoms with Gasteiger partial charge in [0.15, 0.2) is 0 Å². The Kier molecular flexibility index (Phi) is 5.57. The Morgan fingerprint density at radius 3 is 2.72 bits per heavy atom. The zero-order valence-electron chi connectivity index (χ0n) is 17.7. The van der Waals surface area contributed by atoms with E-state index in [0.717, 1.165) is 54.0 Å². The van der Waals surface area contributed by atoms with Gasteiger partial charge in [-0.15, -0.1) is 0 Å². The average molecular weight is 429 g/mol. The smallest absolute Gasteiger partial charge is 0.256 e. The predicted octanol–water partition coefficient (Wildman–Crippen LogP) is 2.51. The van der Waals surface area contributed by atoms with Crippen molar-refractivity contribution in [2.45, 2.75) is 6.54 Å². The zero-order valence-corrected chi connectivity index (χ0v) is 17.7. The Labute approximate surface area is 185 Å². The summed E-state index contributed by atoms with van der Waals surface area (Å²) in [6, 6.07) is 7.36. The van der Waals surface area contributed by atoms with E-state index >= 15 is 0 Å². The number of pyridine rings is 3. The van der Waals surface area contributed by atoms with Crippen molar-refractivity contribution >= 4 is 22.5 Å². The van der Waals surface area contributed by atoms with Crippen LogP contribution in [0.2, 0.25) is 0 Å². The minimum absolute atomic E-state index is 0.219. The van der Waals surface area contributed by atoms with Gasteiger partial charge in [-0.25, -0.2) is 4.98 Å².